The molecular formula is C8H15BO2. The maximum Gasteiger partial charge on any atom is 0.261 e. The minimum Gasteiger partial charge on any atom is -0.418 e. The van der Waals surface area contributed by atoms with E-state index in [1.807, 2.05) is 0 Å². The van der Waals surface area contributed by atoms with Crippen molar-refractivity contribution in [1.82, 2.24) is 0 Å². The van der Waals surface area contributed by atoms with Gasteiger partial charge in [0.1, 0.15) is 0 Å². The first kappa shape index (κ1) is 7.62. The smallest absolute Gasteiger partial charge is 0.261 e. The highest BCUT2D eigenvalue weighted by atomic mass is 16.7. The summed E-state index contributed by atoms with van der Waals surface area (Å²) in [6.45, 7) is 3.17. The predicted molar refractivity (Wildman–Crippen MR) is 44.9 cm³/mol. The summed E-state index contributed by atoms with van der Waals surface area (Å²) in [7, 11) is 1.77. The highest BCUT2D eigenvalue weighted by Crippen LogP contribution is 2.55. The van der Waals surface area contributed by atoms with Crippen molar-refractivity contribution in [2.75, 3.05) is 6.61 Å². The van der Waals surface area contributed by atoms with Gasteiger partial charge in [0.15, 0.2) is 5.79 Å². The van der Waals surface area contributed by atoms with Gasteiger partial charge in [-0.05, 0) is 19.3 Å². The van der Waals surface area contributed by atoms with Crippen LogP contribution in [0, 0.1) is 5.41 Å². The number of hydrogen-bond donors (Lipinski definition) is 0. The highest BCUT2D eigenvalue weighted by molar-refractivity contribution is 5.98. The maximum atomic E-state index is 5.69. The van der Waals surface area contributed by atoms with Gasteiger partial charge in [0.05, 0.1) is 6.61 Å². The molecule has 2 aliphatic rings. The Morgan fingerprint density at radius 2 is 2.18 bits per heavy atom. The third kappa shape index (κ3) is 0.813. The summed E-state index contributed by atoms with van der Waals surface area (Å²) in [6, 6.07) is 0. The molecule has 0 aromatic carbocycles. The van der Waals surface area contributed by atoms with Gasteiger partial charge in [-0.25, -0.2) is 0 Å². The summed E-state index contributed by atoms with van der Waals surface area (Å²) in [5, 5.41) is 0. The minimum atomic E-state index is -0.215. The van der Waals surface area contributed by atoms with E-state index in [2.05, 4.69) is 6.92 Å². The van der Waals surface area contributed by atoms with Crippen molar-refractivity contribution in [2.24, 2.45) is 5.41 Å². The van der Waals surface area contributed by atoms with Crippen molar-refractivity contribution in [3.63, 3.8) is 0 Å². The summed E-state index contributed by atoms with van der Waals surface area (Å²) in [5.41, 5.74) is 0.307. The summed E-state index contributed by atoms with van der Waals surface area (Å²) in [5.74, 6) is -0.215. The van der Waals surface area contributed by atoms with Crippen LogP contribution in [0.15, 0.2) is 0 Å². The molecule has 2 atom stereocenters. The van der Waals surface area contributed by atoms with Gasteiger partial charge in [-0.3, -0.25) is 0 Å². The van der Waals surface area contributed by atoms with Crippen molar-refractivity contribution < 1.29 is 9.39 Å². The molecule has 0 amide bonds. The molecular weight excluding hydrogens is 139 g/mol. The average molecular weight is 154 g/mol. The molecule has 3 heteroatoms. The molecule has 62 valence electrons. The van der Waals surface area contributed by atoms with Crippen LogP contribution in [0.25, 0.3) is 0 Å². The fraction of sp³-hybridized carbons (Fsp3) is 1.00. The van der Waals surface area contributed by atoms with Gasteiger partial charge in [0.25, 0.3) is 8.05 Å². The van der Waals surface area contributed by atoms with Crippen LogP contribution in [0.3, 0.4) is 0 Å². The molecule has 0 aromatic rings. The number of ether oxygens (including phenoxy) is 1. The van der Waals surface area contributed by atoms with E-state index in [0.717, 1.165) is 13.0 Å². The molecule has 1 aliphatic heterocycles. The molecule has 0 aromatic heterocycles. The van der Waals surface area contributed by atoms with Crippen LogP contribution in [0.2, 0.25) is 0 Å². The van der Waals surface area contributed by atoms with Gasteiger partial charge >= 0.3 is 0 Å². The van der Waals surface area contributed by atoms with Crippen molar-refractivity contribution in [2.45, 2.75) is 38.4 Å². The normalized spacial score (nSPS) is 49.5. The zero-order valence-corrected chi connectivity index (χ0v) is 7.35. The van der Waals surface area contributed by atoms with Crippen LogP contribution in [-0.4, -0.2) is 20.4 Å². The molecule has 1 aliphatic carbocycles. The van der Waals surface area contributed by atoms with Crippen molar-refractivity contribution in [3.8, 4) is 0 Å². The van der Waals surface area contributed by atoms with Crippen molar-refractivity contribution >= 4 is 8.05 Å². The zero-order valence-electron chi connectivity index (χ0n) is 7.35. The van der Waals surface area contributed by atoms with Crippen LogP contribution in [0.5, 0.6) is 0 Å². The molecule has 1 saturated heterocycles. The van der Waals surface area contributed by atoms with Gasteiger partial charge in [-0.1, -0.05) is 6.92 Å². The molecule has 2 unspecified atom stereocenters. The maximum absolute atomic E-state index is 5.69. The lowest BCUT2D eigenvalue weighted by atomic mass is 9.82. The number of rotatable bonds is 1. The lowest BCUT2D eigenvalue weighted by molar-refractivity contribution is -0.184. The SMILES string of the molecule is BOC12CCCC1(C)CCO2. The Hall–Kier alpha value is -0.0151. The Balaban J connectivity index is 2.28. The fourth-order valence-electron chi connectivity index (χ4n) is 2.61. The monoisotopic (exact) mass is 154 g/mol. The standard InChI is InChI=1S/C8H15BO2/c1-7-3-2-4-8(7,11-9)10-6-5-7/h2-6,9H2,1H3. The first-order chi connectivity index (χ1) is 5.22. The predicted octanol–water partition coefficient (Wildman–Crippen LogP) is 0.858. The molecule has 2 rings (SSSR count). The van der Waals surface area contributed by atoms with E-state index in [4.69, 9.17) is 9.39 Å². The zero-order chi connectivity index (χ0) is 7.95. The van der Waals surface area contributed by atoms with Gasteiger partial charge in [-0.2, -0.15) is 0 Å². The molecule has 0 bridgehead atoms. The topological polar surface area (TPSA) is 18.5 Å². The lowest BCUT2D eigenvalue weighted by Crippen LogP contribution is -2.40. The Morgan fingerprint density at radius 3 is 2.82 bits per heavy atom. The van der Waals surface area contributed by atoms with E-state index < -0.39 is 0 Å². The number of hydrogen-bond acceptors (Lipinski definition) is 2. The van der Waals surface area contributed by atoms with Crippen LogP contribution in [0.1, 0.15) is 32.6 Å². The first-order valence-electron chi connectivity index (χ1n) is 4.42. The van der Waals surface area contributed by atoms with E-state index in [9.17, 15) is 0 Å². The summed E-state index contributed by atoms with van der Waals surface area (Å²) < 4.78 is 11.2. The van der Waals surface area contributed by atoms with E-state index in [0.29, 0.717) is 5.41 Å². The first-order valence-corrected chi connectivity index (χ1v) is 4.42. The van der Waals surface area contributed by atoms with Crippen molar-refractivity contribution in [1.29, 1.82) is 0 Å². The lowest BCUT2D eigenvalue weighted by Gasteiger charge is -2.35. The van der Waals surface area contributed by atoms with Gasteiger partial charge < -0.3 is 9.39 Å². The summed E-state index contributed by atoms with van der Waals surface area (Å²) in [4.78, 5) is 0. The Bertz CT molecular complexity index is 159. The van der Waals surface area contributed by atoms with Crippen LogP contribution < -0.4 is 0 Å². The molecule has 11 heavy (non-hydrogen) atoms. The van der Waals surface area contributed by atoms with Crippen molar-refractivity contribution in [3.05, 3.63) is 0 Å². The molecule has 0 spiro atoms. The Kier molecular flexibility index (Phi) is 1.55. The molecule has 2 nitrogen and oxygen atoms in total. The van der Waals surface area contributed by atoms with Crippen LogP contribution in [-0.2, 0) is 9.39 Å². The largest absolute Gasteiger partial charge is 0.418 e. The third-order valence-corrected chi connectivity index (χ3v) is 3.47. The molecule has 2 fully saturated rings. The quantitative estimate of drug-likeness (QED) is 0.521. The van der Waals surface area contributed by atoms with Gasteiger partial charge in [0, 0.05) is 11.8 Å². The van der Waals surface area contributed by atoms with Crippen LogP contribution >= 0.6 is 0 Å². The Morgan fingerprint density at radius 1 is 1.36 bits per heavy atom. The Labute approximate surface area is 68.7 Å². The molecule has 0 N–H and O–H groups in total. The molecule has 1 saturated carbocycles. The minimum absolute atomic E-state index is 0.215. The fourth-order valence-corrected chi connectivity index (χ4v) is 2.61. The van der Waals surface area contributed by atoms with E-state index in [1.54, 1.807) is 8.05 Å². The third-order valence-electron chi connectivity index (χ3n) is 3.47. The second-order valence-corrected chi connectivity index (χ2v) is 3.97. The second kappa shape index (κ2) is 2.24. The summed E-state index contributed by atoms with van der Waals surface area (Å²) in [6.07, 6.45) is 4.77. The second-order valence-electron chi connectivity index (χ2n) is 3.97. The average Bonchev–Trinajstić information content (AvgIpc) is 2.41. The highest BCUT2D eigenvalue weighted by Gasteiger charge is 2.56. The number of fused-ring (bicyclic) bond motifs is 1. The van der Waals surface area contributed by atoms with E-state index in [1.165, 1.54) is 19.3 Å². The van der Waals surface area contributed by atoms with Crippen LogP contribution in [0.4, 0.5) is 0 Å². The van der Waals surface area contributed by atoms with E-state index in [-0.39, 0.29) is 5.79 Å². The van der Waals surface area contributed by atoms with Gasteiger partial charge in [0.2, 0.25) is 0 Å². The van der Waals surface area contributed by atoms with Gasteiger partial charge in [-0.15, -0.1) is 0 Å². The van der Waals surface area contributed by atoms with E-state index >= 15 is 0 Å². The molecule has 0 radical (unpaired) electrons. The molecule has 1 heterocycles. The summed E-state index contributed by atoms with van der Waals surface area (Å²) >= 11 is 0.